The maximum Gasteiger partial charge on any atom is 0.321 e. The van der Waals surface area contributed by atoms with Gasteiger partial charge < -0.3 is 9.30 Å². The molecule has 152 valence electrons. The number of carbonyl (C=O) groups is 1. The lowest BCUT2D eigenvalue weighted by Crippen LogP contribution is -2.33. The molecule has 1 aromatic heterocycles. The Labute approximate surface area is 176 Å². The number of halogens is 2. The van der Waals surface area contributed by atoms with Crippen LogP contribution in [0, 0.1) is 0 Å². The van der Waals surface area contributed by atoms with Gasteiger partial charge in [0.2, 0.25) is 0 Å². The van der Waals surface area contributed by atoms with Crippen LogP contribution < -0.4 is 0 Å². The minimum atomic E-state index is -1.57. The lowest BCUT2D eigenvalue weighted by atomic mass is 9.72. The van der Waals surface area contributed by atoms with Crippen molar-refractivity contribution in [3.05, 3.63) is 90.0 Å². The number of benzene rings is 2. The van der Waals surface area contributed by atoms with Crippen molar-refractivity contribution in [1.82, 2.24) is 9.55 Å². The van der Waals surface area contributed by atoms with Gasteiger partial charge in [0, 0.05) is 18.8 Å². The number of alkyl halides is 1. The number of nitrogens with zero attached hydrogens (tertiary/aromatic N) is 2. The van der Waals surface area contributed by atoms with Gasteiger partial charge in [-0.2, -0.15) is 0 Å². The molecule has 3 aromatic rings. The number of hydrogen-bond donors (Lipinski definition) is 0. The first kappa shape index (κ1) is 21.1. The molecule has 1 saturated heterocycles. The van der Waals surface area contributed by atoms with Crippen molar-refractivity contribution in [3.63, 3.8) is 0 Å². The molecule has 2 heterocycles. The third-order valence-corrected chi connectivity index (χ3v) is 5.34. The van der Waals surface area contributed by atoms with Crippen molar-refractivity contribution >= 4 is 18.4 Å². The van der Waals surface area contributed by atoms with Crippen LogP contribution in [0.4, 0.5) is 4.39 Å². The van der Waals surface area contributed by atoms with Gasteiger partial charge in [-0.25, -0.2) is 9.37 Å². The summed E-state index contributed by atoms with van der Waals surface area (Å²) in [5.41, 5.74) is -0.614. The van der Waals surface area contributed by atoms with Gasteiger partial charge in [0.15, 0.2) is 5.67 Å². The molecule has 0 N–H and O–H groups in total. The van der Waals surface area contributed by atoms with Gasteiger partial charge in [0.25, 0.3) is 0 Å². The highest BCUT2D eigenvalue weighted by Crippen LogP contribution is 2.44. The molecule has 1 aliphatic heterocycles. The average molecular weight is 415 g/mol. The second-order valence-electron chi connectivity index (χ2n) is 7.74. The highest BCUT2D eigenvalue weighted by atomic mass is 35.5. The number of aromatic nitrogens is 2. The molecule has 4 rings (SSSR count). The molecule has 0 saturated carbocycles. The summed E-state index contributed by atoms with van der Waals surface area (Å²) in [6.45, 7) is 3.32. The van der Waals surface area contributed by atoms with E-state index in [2.05, 4.69) is 4.98 Å². The summed E-state index contributed by atoms with van der Waals surface area (Å²) < 4.78 is 22.0. The van der Waals surface area contributed by atoms with E-state index in [-0.39, 0.29) is 24.5 Å². The summed E-state index contributed by atoms with van der Waals surface area (Å²) >= 11 is 0. The maximum absolute atomic E-state index is 14.5. The van der Waals surface area contributed by atoms with Crippen LogP contribution in [0.3, 0.4) is 0 Å². The standard InChI is InChI=1S/C23H23FN2O2.ClH/c1-22(2,24)20-25-13-14-26(20)16-19-15-23(21(27)28-19,17-9-5-3-6-10-17)18-11-7-4-8-12-18;/h3-14,19H,15-16H2,1-2H3;1H. The maximum atomic E-state index is 14.5. The normalized spacial score (nSPS) is 18.2. The van der Waals surface area contributed by atoms with Crippen molar-refractivity contribution in [2.75, 3.05) is 0 Å². The van der Waals surface area contributed by atoms with Gasteiger partial charge in [-0.1, -0.05) is 60.7 Å². The number of imidazole rings is 1. The highest BCUT2D eigenvalue weighted by Gasteiger charge is 2.51. The van der Waals surface area contributed by atoms with E-state index in [0.717, 1.165) is 11.1 Å². The first-order chi connectivity index (χ1) is 13.4. The van der Waals surface area contributed by atoms with Crippen molar-refractivity contribution in [3.8, 4) is 0 Å². The monoisotopic (exact) mass is 414 g/mol. The minimum absolute atomic E-state index is 0. The van der Waals surface area contributed by atoms with E-state index in [4.69, 9.17) is 4.74 Å². The second-order valence-corrected chi connectivity index (χ2v) is 7.74. The molecule has 0 bridgehead atoms. The Bertz CT molecular complexity index is 928. The van der Waals surface area contributed by atoms with Gasteiger partial charge in [-0.15, -0.1) is 12.4 Å². The fourth-order valence-corrected chi connectivity index (χ4v) is 4.09. The Morgan fingerprint density at radius 2 is 1.66 bits per heavy atom. The van der Waals surface area contributed by atoms with Crippen LogP contribution in [-0.4, -0.2) is 21.6 Å². The zero-order valence-electron chi connectivity index (χ0n) is 16.4. The van der Waals surface area contributed by atoms with Crippen LogP contribution in [0.2, 0.25) is 0 Å². The van der Waals surface area contributed by atoms with Crippen molar-refractivity contribution in [2.24, 2.45) is 0 Å². The Morgan fingerprint density at radius 3 is 2.17 bits per heavy atom. The lowest BCUT2D eigenvalue weighted by Gasteiger charge is -2.26. The summed E-state index contributed by atoms with van der Waals surface area (Å²) in [6.07, 6.45) is 3.43. The molecule has 4 nitrogen and oxygen atoms in total. The second kappa shape index (κ2) is 7.99. The molecule has 0 radical (unpaired) electrons. The van der Waals surface area contributed by atoms with E-state index in [9.17, 15) is 9.18 Å². The number of carbonyl (C=O) groups excluding carboxylic acids is 1. The molecule has 29 heavy (non-hydrogen) atoms. The van der Waals surface area contributed by atoms with Crippen molar-refractivity contribution < 1.29 is 13.9 Å². The Balaban J connectivity index is 0.00000240. The van der Waals surface area contributed by atoms with Crippen LogP contribution in [0.5, 0.6) is 0 Å². The summed E-state index contributed by atoms with van der Waals surface area (Å²) in [6, 6.07) is 19.4. The van der Waals surface area contributed by atoms with E-state index in [0.29, 0.717) is 18.8 Å². The van der Waals surface area contributed by atoms with Crippen LogP contribution in [0.25, 0.3) is 0 Å². The molecule has 1 atom stereocenters. The van der Waals surface area contributed by atoms with Crippen LogP contribution >= 0.6 is 12.4 Å². The number of ether oxygens (including phenoxy) is 1. The van der Waals surface area contributed by atoms with Gasteiger partial charge in [0.1, 0.15) is 17.3 Å². The summed E-state index contributed by atoms with van der Waals surface area (Å²) in [5.74, 6) is 0.0662. The largest absolute Gasteiger partial charge is 0.459 e. The van der Waals surface area contributed by atoms with Gasteiger partial charge in [0.05, 0.1) is 6.54 Å². The Kier molecular flexibility index (Phi) is 5.80. The predicted octanol–water partition coefficient (Wildman–Crippen LogP) is 4.81. The van der Waals surface area contributed by atoms with Crippen LogP contribution in [0.1, 0.15) is 37.2 Å². The number of hydrogen-bond acceptors (Lipinski definition) is 3. The Hall–Kier alpha value is -2.66. The molecular formula is C23H24ClFN2O2. The van der Waals surface area contributed by atoms with Crippen molar-refractivity contribution in [2.45, 2.75) is 44.0 Å². The number of esters is 1. The fraction of sp³-hybridized carbons (Fsp3) is 0.304. The molecule has 0 amide bonds. The first-order valence-electron chi connectivity index (χ1n) is 9.44. The quantitative estimate of drug-likeness (QED) is 0.562. The smallest absolute Gasteiger partial charge is 0.321 e. The third kappa shape index (κ3) is 3.79. The average Bonchev–Trinajstić information content (AvgIpc) is 3.28. The molecule has 6 heteroatoms. The van der Waals surface area contributed by atoms with Crippen LogP contribution in [-0.2, 0) is 27.2 Å². The van der Waals surface area contributed by atoms with E-state index in [1.807, 2.05) is 60.7 Å². The number of cyclic esters (lactones) is 1. The molecule has 1 unspecified atom stereocenters. The van der Waals surface area contributed by atoms with Gasteiger partial charge >= 0.3 is 5.97 Å². The summed E-state index contributed by atoms with van der Waals surface area (Å²) in [4.78, 5) is 17.3. The molecular weight excluding hydrogens is 391 g/mol. The Morgan fingerprint density at radius 1 is 1.10 bits per heavy atom. The van der Waals surface area contributed by atoms with Gasteiger partial charge in [-0.05, 0) is 25.0 Å². The third-order valence-electron chi connectivity index (χ3n) is 5.34. The van der Waals surface area contributed by atoms with Gasteiger partial charge in [-0.3, -0.25) is 4.79 Å². The molecule has 1 fully saturated rings. The molecule has 2 aromatic carbocycles. The molecule has 1 aliphatic rings. The summed E-state index contributed by atoms with van der Waals surface area (Å²) in [5, 5.41) is 0. The number of rotatable bonds is 5. The topological polar surface area (TPSA) is 44.1 Å². The molecule has 0 spiro atoms. The lowest BCUT2D eigenvalue weighted by molar-refractivity contribution is -0.145. The summed E-state index contributed by atoms with van der Waals surface area (Å²) in [7, 11) is 0. The highest BCUT2D eigenvalue weighted by molar-refractivity contribution is 5.89. The van der Waals surface area contributed by atoms with E-state index in [1.165, 1.54) is 13.8 Å². The van der Waals surface area contributed by atoms with E-state index < -0.39 is 11.1 Å². The van der Waals surface area contributed by atoms with Crippen LogP contribution in [0.15, 0.2) is 73.1 Å². The predicted molar refractivity (Wildman–Crippen MR) is 112 cm³/mol. The van der Waals surface area contributed by atoms with Crippen molar-refractivity contribution in [1.29, 1.82) is 0 Å². The van der Waals surface area contributed by atoms with E-state index in [1.54, 1.807) is 17.0 Å². The van der Waals surface area contributed by atoms with E-state index >= 15 is 0 Å². The SMILES string of the molecule is CC(C)(F)c1nccn1CC1CC(c2ccccc2)(c2ccccc2)C(=O)O1.Cl. The minimum Gasteiger partial charge on any atom is -0.459 e. The molecule has 0 aliphatic carbocycles. The fourth-order valence-electron chi connectivity index (χ4n) is 4.09. The zero-order valence-corrected chi connectivity index (χ0v) is 17.2. The zero-order chi connectivity index (χ0) is 19.8. The first-order valence-corrected chi connectivity index (χ1v) is 9.44.